The van der Waals surface area contributed by atoms with Crippen LogP contribution in [0.4, 0.5) is 0 Å². The Morgan fingerprint density at radius 3 is 1.74 bits per heavy atom. The molecule has 0 aromatic carbocycles. The maximum Gasteiger partial charge on any atom is 0.326 e. The van der Waals surface area contributed by atoms with Crippen LogP contribution in [0.3, 0.4) is 0 Å². The highest BCUT2D eigenvalue weighted by Gasteiger charge is 2.31. The van der Waals surface area contributed by atoms with Crippen molar-refractivity contribution in [2.24, 2.45) is 23.3 Å². The van der Waals surface area contributed by atoms with E-state index < -0.39 is 65.7 Å². The molecule has 0 aliphatic heterocycles. The molecule has 0 aromatic heterocycles. The van der Waals surface area contributed by atoms with E-state index in [4.69, 9.17) is 16.6 Å². The van der Waals surface area contributed by atoms with Crippen LogP contribution in [0.1, 0.15) is 59.8 Å². The fraction of sp³-hybridized carbons (Fsp3) is 0.714. The molecular formula is C21H37N5O8. The number of carboxylic acids is 2. The van der Waals surface area contributed by atoms with Gasteiger partial charge < -0.3 is 37.6 Å². The van der Waals surface area contributed by atoms with Gasteiger partial charge in [0.1, 0.15) is 18.1 Å². The molecular weight excluding hydrogens is 450 g/mol. The minimum atomic E-state index is -1.28. The van der Waals surface area contributed by atoms with E-state index >= 15 is 0 Å². The van der Waals surface area contributed by atoms with Crippen LogP contribution < -0.4 is 27.4 Å². The molecule has 13 nitrogen and oxygen atoms in total. The van der Waals surface area contributed by atoms with Crippen LogP contribution in [0.5, 0.6) is 0 Å². The average molecular weight is 488 g/mol. The number of carbonyl (C=O) groups excluding carboxylic acids is 4. The zero-order valence-electron chi connectivity index (χ0n) is 20.0. The van der Waals surface area contributed by atoms with Crippen molar-refractivity contribution in [3.05, 3.63) is 0 Å². The Balaban J connectivity index is 5.54. The first-order valence-electron chi connectivity index (χ1n) is 11.0. The second kappa shape index (κ2) is 14.8. The van der Waals surface area contributed by atoms with E-state index in [1.165, 1.54) is 0 Å². The second-order valence-electron chi connectivity index (χ2n) is 8.86. The minimum Gasteiger partial charge on any atom is -0.481 e. The maximum atomic E-state index is 12.9. The van der Waals surface area contributed by atoms with E-state index in [0.717, 1.165) is 0 Å². The quantitative estimate of drug-likeness (QED) is 0.137. The number of rotatable bonds is 16. The maximum absolute atomic E-state index is 12.9. The summed E-state index contributed by atoms with van der Waals surface area (Å²) < 4.78 is 0. The zero-order valence-corrected chi connectivity index (χ0v) is 20.0. The average Bonchev–Trinajstić information content (AvgIpc) is 2.70. The van der Waals surface area contributed by atoms with Gasteiger partial charge in [-0.15, -0.1) is 0 Å². The van der Waals surface area contributed by atoms with Crippen molar-refractivity contribution < 1.29 is 39.0 Å². The molecule has 0 spiro atoms. The minimum absolute atomic E-state index is 0.0541. The summed E-state index contributed by atoms with van der Waals surface area (Å²) in [5, 5.41) is 25.3. The Morgan fingerprint density at radius 1 is 0.765 bits per heavy atom. The van der Waals surface area contributed by atoms with Gasteiger partial charge >= 0.3 is 11.9 Å². The smallest absolute Gasteiger partial charge is 0.326 e. The number of carboxylic acid groups (broad SMARTS) is 2. The van der Waals surface area contributed by atoms with Crippen LogP contribution in [0.15, 0.2) is 0 Å². The van der Waals surface area contributed by atoms with Gasteiger partial charge in [-0.1, -0.05) is 27.7 Å². The molecule has 0 fully saturated rings. The molecule has 9 N–H and O–H groups in total. The van der Waals surface area contributed by atoms with E-state index in [1.54, 1.807) is 27.7 Å². The molecule has 0 aliphatic rings. The van der Waals surface area contributed by atoms with E-state index in [2.05, 4.69) is 16.0 Å². The van der Waals surface area contributed by atoms with Crippen molar-refractivity contribution in [3.63, 3.8) is 0 Å². The monoisotopic (exact) mass is 487 g/mol. The van der Waals surface area contributed by atoms with Crippen molar-refractivity contribution in [2.45, 2.75) is 84.0 Å². The van der Waals surface area contributed by atoms with Crippen molar-refractivity contribution in [1.82, 2.24) is 16.0 Å². The first kappa shape index (κ1) is 30.8. The molecule has 4 atom stereocenters. The van der Waals surface area contributed by atoms with Gasteiger partial charge in [0.2, 0.25) is 23.6 Å². The zero-order chi connectivity index (χ0) is 26.6. The van der Waals surface area contributed by atoms with Gasteiger partial charge in [0.25, 0.3) is 0 Å². The summed E-state index contributed by atoms with van der Waals surface area (Å²) in [4.78, 5) is 71.4. The summed E-state index contributed by atoms with van der Waals surface area (Å²) in [6.07, 6.45) is -0.716. The number of carbonyl (C=O) groups is 6. The van der Waals surface area contributed by atoms with Crippen molar-refractivity contribution in [1.29, 1.82) is 0 Å². The highest BCUT2D eigenvalue weighted by atomic mass is 16.4. The summed E-state index contributed by atoms with van der Waals surface area (Å²) in [6, 6.07) is -4.77. The van der Waals surface area contributed by atoms with Gasteiger partial charge in [-0.2, -0.15) is 0 Å². The van der Waals surface area contributed by atoms with Gasteiger partial charge in [0, 0.05) is 12.8 Å². The summed E-state index contributed by atoms with van der Waals surface area (Å²) in [5.41, 5.74) is 10.9. The molecule has 0 saturated heterocycles. The second-order valence-corrected chi connectivity index (χ2v) is 8.86. The Morgan fingerprint density at radius 2 is 1.29 bits per heavy atom. The number of primary amides is 1. The first-order chi connectivity index (χ1) is 15.6. The normalized spacial score (nSPS) is 14.6. The first-order valence-corrected chi connectivity index (χ1v) is 11.0. The molecule has 4 amide bonds. The van der Waals surface area contributed by atoms with E-state index in [1.807, 2.05) is 0 Å². The number of aliphatic carboxylic acids is 2. The van der Waals surface area contributed by atoms with Crippen molar-refractivity contribution >= 4 is 35.6 Å². The number of hydrogen-bond donors (Lipinski definition) is 7. The van der Waals surface area contributed by atoms with Crippen LogP contribution in [0.25, 0.3) is 0 Å². The number of nitrogens with two attached hydrogens (primary N) is 2. The standard InChI is InChI=1S/C21H37N5O8/c1-10(2)9-14(25-18(30)12(22)5-8-16(28)29)20(32)24-13(6-7-15(23)27)19(31)26-17(11(3)4)21(33)34/h10-14,17H,5-9,22H2,1-4H3,(H2,23,27)(H,24,32)(H,25,30)(H,26,31)(H,28,29)(H,33,34). The van der Waals surface area contributed by atoms with Crippen molar-refractivity contribution in [3.8, 4) is 0 Å². The highest BCUT2D eigenvalue weighted by molar-refractivity contribution is 5.94. The largest absolute Gasteiger partial charge is 0.481 e. The highest BCUT2D eigenvalue weighted by Crippen LogP contribution is 2.09. The number of hydrogen-bond acceptors (Lipinski definition) is 7. The molecule has 0 saturated carbocycles. The van der Waals surface area contributed by atoms with Gasteiger partial charge in [0.05, 0.1) is 6.04 Å². The lowest BCUT2D eigenvalue weighted by atomic mass is 10.0. The van der Waals surface area contributed by atoms with Crippen LogP contribution in [0, 0.1) is 11.8 Å². The summed E-state index contributed by atoms with van der Waals surface area (Å²) >= 11 is 0. The summed E-state index contributed by atoms with van der Waals surface area (Å²) in [6.45, 7) is 6.79. The predicted octanol–water partition coefficient (Wildman–Crippen LogP) is -1.31. The topological polar surface area (TPSA) is 231 Å². The Bertz CT molecular complexity index is 755. The molecule has 0 aromatic rings. The molecule has 0 radical (unpaired) electrons. The third kappa shape index (κ3) is 12.1. The van der Waals surface area contributed by atoms with Crippen LogP contribution >= 0.6 is 0 Å². The van der Waals surface area contributed by atoms with Gasteiger partial charge in [-0.3, -0.25) is 24.0 Å². The molecule has 34 heavy (non-hydrogen) atoms. The fourth-order valence-electron chi connectivity index (χ4n) is 2.99. The fourth-order valence-corrected chi connectivity index (χ4v) is 2.99. The van der Waals surface area contributed by atoms with Crippen LogP contribution in [0.2, 0.25) is 0 Å². The van der Waals surface area contributed by atoms with Crippen LogP contribution in [-0.4, -0.2) is 69.9 Å². The van der Waals surface area contributed by atoms with E-state index in [-0.39, 0.29) is 38.0 Å². The van der Waals surface area contributed by atoms with Crippen molar-refractivity contribution in [2.75, 3.05) is 0 Å². The molecule has 13 heteroatoms. The van der Waals surface area contributed by atoms with E-state index in [9.17, 15) is 33.9 Å². The number of amides is 4. The van der Waals surface area contributed by atoms with Gasteiger partial charge in [-0.05, 0) is 31.1 Å². The van der Waals surface area contributed by atoms with Gasteiger partial charge in [0.15, 0.2) is 0 Å². The third-order valence-corrected chi connectivity index (χ3v) is 4.89. The summed E-state index contributed by atoms with van der Waals surface area (Å²) in [5.74, 6) is -5.89. The Labute approximate surface area is 198 Å². The molecule has 194 valence electrons. The van der Waals surface area contributed by atoms with Gasteiger partial charge in [-0.25, -0.2) is 4.79 Å². The molecule has 4 unspecified atom stereocenters. The molecule has 0 heterocycles. The van der Waals surface area contributed by atoms with E-state index in [0.29, 0.717) is 0 Å². The predicted molar refractivity (Wildman–Crippen MR) is 121 cm³/mol. The molecule has 0 bridgehead atoms. The lowest BCUT2D eigenvalue weighted by Gasteiger charge is -2.26. The lowest BCUT2D eigenvalue weighted by Crippen LogP contribution is -2.58. The molecule has 0 aliphatic carbocycles. The van der Waals surface area contributed by atoms with Crippen LogP contribution in [-0.2, 0) is 28.8 Å². The SMILES string of the molecule is CC(C)CC(NC(=O)C(N)CCC(=O)O)C(=O)NC(CCC(N)=O)C(=O)NC(C(=O)O)C(C)C. The third-order valence-electron chi connectivity index (χ3n) is 4.89. The Hall–Kier alpha value is -3.22. The lowest BCUT2D eigenvalue weighted by molar-refractivity contribution is -0.143. The number of nitrogens with one attached hydrogen (secondary N) is 3. The summed E-state index contributed by atoms with van der Waals surface area (Å²) in [7, 11) is 0. The molecule has 0 rings (SSSR count). The Kier molecular flexibility index (Phi) is 13.4.